The highest BCUT2D eigenvalue weighted by Crippen LogP contribution is 2.23. The van der Waals surface area contributed by atoms with E-state index in [-0.39, 0.29) is 11.2 Å². The van der Waals surface area contributed by atoms with Gasteiger partial charge in [-0.1, -0.05) is 6.42 Å². The molecular weight excluding hydrogens is 420 g/mol. The highest BCUT2D eigenvalue weighted by Gasteiger charge is 2.21. The molecule has 3 aromatic heterocycles. The first-order valence-electron chi connectivity index (χ1n) is 11.6. The Morgan fingerprint density at radius 1 is 1.03 bits per heavy atom. The number of benzene rings is 1. The molecule has 174 valence electrons. The summed E-state index contributed by atoms with van der Waals surface area (Å²) in [7, 11) is 1.68. The maximum absolute atomic E-state index is 13.5. The third kappa shape index (κ3) is 3.66. The lowest BCUT2D eigenvalue weighted by Gasteiger charge is -2.26. The average Bonchev–Trinajstić information content (AvgIpc) is 3.34. The second-order valence-corrected chi connectivity index (χ2v) is 8.69. The minimum Gasteiger partial charge on any atom is -0.494 e. The zero-order valence-corrected chi connectivity index (χ0v) is 19.5. The van der Waals surface area contributed by atoms with Crippen molar-refractivity contribution in [1.82, 2.24) is 28.0 Å². The SMILES string of the molecule is CCOc1ccc(-n2c(C)cn3c4c(=O)n(CCN5CCCCC5)c(=O)n(C)c4nc23)cc1. The number of aromatic nitrogens is 5. The number of fused-ring (bicyclic) bond motifs is 3. The van der Waals surface area contributed by atoms with Crippen LogP contribution in [0.3, 0.4) is 0 Å². The monoisotopic (exact) mass is 450 g/mol. The Balaban J connectivity index is 1.61. The van der Waals surface area contributed by atoms with Gasteiger partial charge in [-0.05, 0) is 64.0 Å². The molecule has 0 saturated carbocycles. The molecule has 0 bridgehead atoms. The van der Waals surface area contributed by atoms with Gasteiger partial charge in [-0.2, -0.15) is 4.98 Å². The fourth-order valence-electron chi connectivity index (χ4n) is 4.81. The number of aryl methyl sites for hydroxylation is 2. The van der Waals surface area contributed by atoms with Crippen LogP contribution < -0.4 is 16.0 Å². The minimum absolute atomic E-state index is 0.290. The largest absolute Gasteiger partial charge is 0.494 e. The van der Waals surface area contributed by atoms with Crippen LogP contribution >= 0.6 is 0 Å². The standard InChI is InChI=1S/C24H30N6O3/c1-4-33-19-10-8-18(9-11-19)30-17(2)16-29-20-21(25-23(29)30)26(3)24(32)28(22(20)31)15-14-27-12-6-5-7-13-27/h8-11,16H,4-7,12-15H2,1-3H3. The van der Waals surface area contributed by atoms with Crippen molar-refractivity contribution in [3.05, 3.63) is 57.0 Å². The van der Waals surface area contributed by atoms with Crippen molar-refractivity contribution >= 4 is 16.9 Å². The average molecular weight is 451 g/mol. The van der Waals surface area contributed by atoms with Gasteiger partial charge >= 0.3 is 5.69 Å². The number of imidazole rings is 2. The summed E-state index contributed by atoms with van der Waals surface area (Å²) in [5.74, 6) is 1.40. The summed E-state index contributed by atoms with van der Waals surface area (Å²) in [4.78, 5) is 33.5. The van der Waals surface area contributed by atoms with E-state index in [0.717, 1.165) is 30.2 Å². The van der Waals surface area contributed by atoms with Crippen LogP contribution in [0.4, 0.5) is 0 Å². The highest BCUT2D eigenvalue weighted by atomic mass is 16.5. The normalized spacial score (nSPS) is 15.0. The zero-order valence-electron chi connectivity index (χ0n) is 19.5. The van der Waals surface area contributed by atoms with Crippen molar-refractivity contribution in [3.63, 3.8) is 0 Å². The third-order valence-corrected chi connectivity index (χ3v) is 6.52. The van der Waals surface area contributed by atoms with Gasteiger partial charge in [0.1, 0.15) is 5.75 Å². The smallest absolute Gasteiger partial charge is 0.332 e. The van der Waals surface area contributed by atoms with Crippen LogP contribution in [0.1, 0.15) is 31.9 Å². The molecule has 4 aromatic rings. The summed E-state index contributed by atoms with van der Waals surface area (Å²) >= 11 is 0. The van der Waals surface area contributed by atoms with E-state index in [9.17, 15) is 9.59 Å². The van der Waals surface area contributed by atoms with Crippen LogP contribution in [0.5, 0.6) is 5.75 Å². The lowest BCUT2D eigenvalue weighted by Crippen LogP contribution is -2.43. The molecule has 1 fully saturated rings. The molecule has 1 aliphatic heterocycles. The second-order valence-electron chi connectivity index (χ2n) is 8.69. The number of nitrogens with zero attached hydrogens (tertiary/aromatic N) is 6. The van der Waals surface area contributed by atoms with Gasteiger partial charge in [-0.3, -0.25) is 22.9 Å². The molecule has 0 radical (unpaired) electrons. The lowest BCUT2D eigenvalue weighted by atomic mass is 10.1. The van der Waals surface area contributed by atoms with Crippen molar-refractivity contribution < 1.29 is 4.74 Å². The molecule has 0 atom stereocenters. The summed E-state index contributed by atoms with van der Waals surface area (Å²) in [5.41, 5.74) is 2.07. The van der Waals surface area contributed by atoms with Gasteiger partial charge in [0.25, 0.3) is 5.56 Å². The van der Waals surface area contributed by atoms with Crippen molar-refractivity contribution in [1.29, 1.82) is 0 Å². The van der Waals surface area contributed by atoms with Gasteiger partial charge < -0.3 is 9.64 Å². The van der Waals surface area contributed by atoms with E-state index in [4.69, 9.17) is 9.72 Å². The molecule has 1 aromatic carbocycles. The van der Waals surface area contributed by atoms with Gasteiger partial charge in [0.15, 0.2) is 11.2 Å². The Kier molecular flexibility index (Phi) is 5.57. The summed E-state index contributed by atoms with van der Waals surface area (Å²) in [6.07, 6.45) is 5.51. The molecule has 0 aliphatic carbocycles. The molecule has 0 spiro atoms. The predicted octanol–water partition coefficient (Wildman–Crippen LogP) is 2.33. The molecule has 9 nitrogen and oxygen atoms in total. The molecule has 1 saturated heterocycles. The van der Waals surface area contributed by atoms with Gasteiger partial charge in [0.2, 0.25) is 5.78 Å². The molecule has 4 heterocycles. The molecule has 0 unspecified atom stereocenters. The van der Waals surface area contributed by atoms with Crippen molar-refractivity contribution in [2.24, 2.45) is 7.05 Å². The molecule has 0 amide bonds. The van der Waals surface area contributed by atoms with E-state index in [1.54, 1.807) is 11.4 Å². The summed E-state index contributed by atoms with van der Waals surface area (Å²) in [6, 6.07) is 7.77. The molecule has 0 N–H and O–H groups in total. The molecule has 1 aliphatic rings. The number of hydrogen-bond donors (Lipinski definition) is 0. The van der Waals surface area contributed by atoms with Crippen molar-refractivity contribution in [3.8, 4) is 11.4 Å². The number of hydrogen-bond acceptors (Lipinski definition) is 5. The van der Waals surface area contributed by atoms with Gasteiger partial charge in [0, 0.05) is 37.7 Å². The fourth-order valence-corrected chi connectivity index (χ4v) is 4.81. The molecule has 9 heteroatoms. The zero-order chi connectivity index (χ0) is 23.1. The predicted molar refractivity (Wildman–Crippen MR) is 128 cm³/mol. The van der Waals surface area contributed by atoms with E-state index >= 15 is 0 Å². The first-order chi connectivity index (χ1) is 16.0. The number of likely N-dealkylation sites (tertiary alicyclic amines) is 1. The Bertz CT molecular complexity index is 1420. The van der Waals surface area contributed by atoms with Crippen LogP contribution in [0.2, 0.25) is 0 Å². The summed E-state index contributed by atoms with van der Waals surface area (Å²) in [5, 5.41) is 0. The Morgan fingerprint density at radius 3 is 2.45 bits per heavy atom. The summed E-state index contributed by atoms with van der Waals surface area (Å²) < 4.78 is 12.2. The van der Waals surface area contributed by atoms with Crippen LogP contribution in [-0.2, 0) is 13.6 Å². The fraction of sp³-hybridized carbons (Fsp3) is 0.458. The van der Waals surface area contributed by atoms with Gasteiger partial charge in [-0.25, -0.2) is 4.79 Å². The Morgan fingerprint density at radius 2 is 1.76 bits per heavy atom. The minimum atomic E-state index is -0.324. The maximum Gasteiger partial charge on any atom is 0.332 e. The van der Waals surface area contributed by atoms with Crippen LogP contribution in [0.25, 0.3) is 22.6 Å². The van der Waals surface area contributed by atoms with E-state index in [0.29, 0.717) is 36.6 Å². The number of ether oxygens (including phenoxy) is 1. The van der Waals surface area contributed by atoms with E-state index in [1.807, 2.05) is 48.9 Å². The quantitative estimate of drug-likeness (QED) is 0.451. The molecule has 5 rings (SSSR count). The van der Waals surface area contributed by atoms with E-state index < -0.39 is 0 Å². The molecular formula is C24H30N6O3. The van der Waals surface area contributed by atoms with Crippen LogP contribution in [0.15, 0.2) is 40.1 Å². The van der Waals surface area contributed by atoms with Crippen LogP contribution in [0, 0.1) is 6.92 Å². The second kappa shape index (κ2) is 8.55. The van der Waals surface area contributed by atoms with E-state index in [2.05, 4.69) is 4.90 Å². The number of piperidine rings is 1. The van der Waals surface area contributed by atoms with Crippen LogP contribution in [-0.4, -0.2) is 54.2 Å². The van der Waals surface area contributed by atoms with Crippen molar-refractivity contribution in [2.45, 2.75) is 39.7 Å². The molecule has 33 heavy (non-hydrogen) atoms. The Hall–Kier alpha value is -3.33. The maximum atomic E-state index is 13.5. The third-order valence-electron chi connectivity index (χ3n) is 6.52. The topological polar surface area (TPSA) is 78.7 Å². The lowest BCUT2D eigenvalue weighted by molar-refractivity contribution is 0.218. The van der Waals surface area contributed by atoms with Gasteiger partial charge in [0.05, 0.1) is 6.61 Å². The van der Waals surface area contributed by atoms with Crippen molar-refractivity contribution in [2.75, 3.05) is 26.2 Å². The summed E-state index contributed by atoms with van der Waals surface area (Å²) in [6.45, 7) is 7.68. The first-order valence-corrected chi connectivity index (χ1v) is 11.6. The van der Waals surface area contributed by atoms with Gasteiger partial charge in [-0.15, -0.1) is 0 Å². The highest BCUT2D eigenvalue weighted by molar-refractivity contribution is 5.76. The Labute approximate surface area is 191 Å². The first kappa shape index (κ1) is 21.5. The van der Waals surface area contributed by atoms with E-state index in [1.165, 1.54) is 28.4 Å². The number of rotatable bonds is 6.